The highest BCUT2D eigenvalue weighted by molar-refractivity contribution is 6.04. The Balaban J connectivity index is 1.27. The number of aromatic carboxylic acids is 1. The molecule has 210 valence electrons. The van der Waals surface area contributed by atoms with Crippen LogP contribution >= 0.6 is 0 Å². The fraction of sp³-hybridized carbons (Fsp3) is 0.226. The highest BCUT2D eigenvalue weighted by atomic mass is 19.4. The monoisotopic (exact) mass is 563 g/mol. The van der Waals surface area contributed by atoms with Crippen LogP contribution in [0.3, 0.4) is 0 Å². The maximum atomic E-state index is 13.1. The van der Waals surface area contributed by atoms with Crippen LogP contribution in [-0.4, -0.2) is 22.6 Å². The van der Waals surface area contributed by atoms with Gasteiger partial charge in [0.1, 0.15) is 46.5 Å². The summed E-state index contributed by atoms with van der Waals surface area (Å²) in [6.07, 6.45) is -3.04. The van der Waals surface area contributed by atoms with Crippen molar-refractivity contribution < 1.29 is 41.5 Å². The topological polar surface area (TPSA) is 94.9 Å². The van der Waals surface area contributed by atoms with E-state index in [4.69, 9.17) is 13.7 Å². The molecule has 1 aliphatic carbocycles. The molecule has 0 bridgehead atoms. The molecule has 7 nitrogen and oxygen atoms in total. The van der Waals surface area contributed by atoms with Crippen molar-refractivity contribution in [3.8, 4) is 33.9 Å². The summed E-state index contributed by atoms with van der Waals surface area (Å²) in [7, 11) is 0. The zero-order valence-corrected chi connectivity index (χ0v) is 22.0. The van der Waals surface area contributed by atoms with E-state index in [9.17, 15) is 23.1 Å². The van der Waals surface area contributed by atoms with Crippen LogP contribution in [0.4, 0.5) is 13.2 Å². The number of nitrogens with zero attached hydrogens (tertiary/aromatic N) is 1. The van der Waals surface area contributed by atoms with E-state index in [1.807, 2.05) is 31.2 Å². The Labute approximate surface area is 232 Å². The van der Waals surface area contributed by atoms with Crippen LogP contribution in [0.25, 0.3) is 33.4 Å². The number of carboxylic acid groups (broad SMARTS) is 1. The van der Waals surface area contributed by atoms with Gasteiger partial charge in [-0.1, -0.05) is 29.4 Å². The van der Waals surface area contributed by atoms with Crippen molar-refractivity contribution in [1.82, 2.24) is 5.16 Å². The second kappa shape index (κ2) is 10.0. The molecule has 0 saturated heterocycles. The molecule has 10 heteroatoms. The number of furan rings is 1. The first-order valence-corrected chi connectivity index (χ1v) is 12.9. The lowest BCUT2D eigenvalue weighted by molar-refractivity contribution is -0.274. The summed E-state index contributed by atoms with van der Waals surface area (Å²) >= 11 is 0. The Bertz CT molecular complexity index is 1780. The van der Waals surface area contributed by atoms with Crippen molar-refractivity contribution in [3.05, 3.63) is 88.9 Å². The Morgan fingerprint density at radius 3 is 2.54 bits per heavy atom. The largest absolute Gasteiger partial charge is 0.573 e. The smallest absolute Gasteiger partial charge is 0.489 e. The third kappa shape index (κ3) is 5.25. The highest BCUT2D eigenvalue weighted by Gasteiger charge is 2.36. The number of aryl methyl sites for hydroxylation is 2. The maximum Gasteiger partial charge on any atom is 0.573 e. The van der Waals surface area contributed by atoms with Crippen LogP contribution in [0, 0.1) is 13.8 Å². The van der Waals surface area contributed by atoms with Gasteiger partial charge >= 0.3 is 12.3 Å². The number of para-hydroxylation sites is 1. The van der Waals surface area contributed by atoms with Gasteiger partial charge in [0.05, 0.1) is 5.56 Å². The molecule has 1 aliphatic rings. The molecule has 41 heavy (non-hydrogen) atoms. The molecule has 3 aromatic carbocycles. The fourth-order valence-corrected chi connectivity index (χ4v) is 5.07. The van der Waals surface area contributed by atoms with Crippen molar-refractivity contribution in [2.75, 3.05) is 0 Å². The molecular weight excluding hydrogens is 539 g/mol. The van der Waals surface area contributed by atoms with Gasteiger partial charge in [-0.15, -0.1) is 13.2 Å². The third-order valence-electron chi connectivity index (χ3n) is 7.11. The third-order valence-corrected chi connectivity index (χ3v) is 7.11. The standard InChI is InChI=1S/C31H24F3NO6/c1-16-13-20(10-12-21(16)19-9-11-22-26(14-19)39-17(2)27(22)30(36)37)38-15-24-28(35-41-29(24)18-7-8-18)23-5-3-4-6-25(23)40-31(32,33)34/h3-6,9-14,18H,7-8,15H2,1-2H3,(H,36,37). The first kappa shape index (κ1) is 26.5. The van der Waals surface area contributed by atoms with Gasteiger partial charge in [-0.3, -0.25) is 0 Å². The van der Waals surface area contributed by atoms with Gasteiger partial charge < -0.3 is 23.5 Å². The number of halogens is 3. The zero-order valence-electron chi connectivity index (χ0n) is 22.0. The van der Waals surface area contributed by atoms with Crippen molar-refractivity contribution in [3.63, 3.8) is 0 Å². The molecule has 0 radical (unpaired) electrons. The molecule has 0 amide bonds. The van der Waals surface area contributed by atoms with Crippen LogP contribution in [0.15, 0.2) is 69.6 Å². The summed E-state index contributed by atoms with van der Waals surface area (Å²) < 4.78 is 60.8. The lowest BCUT2D eigenvalue weighted by Crippen LogP contribution is -2.17. The minimum Gasteiger partial charge on any atom is -0.489 e. The molecule has 0 atom stereocenters. The first-order chi connectivity index (χ1) is 19.6. The molecule has 2 aromatic heterocycles. The van der Waals surface area contributed by atoms with Gasteiger partial charge in [-0.05, 0) is 79.8 Å². The number of carboxylic acids is 1. The molecule has 1 N–H and O–H groups in total. The number of aromatic nitrogens is 1. The molecule has 5 aromatic rings. The van der Waals surface area contributed by atoms with Gasteiger partial charge in [0.2, 0.25) is 0 Å². The average Bonchev–Trinajstić information content (AvgIpc) is 3.57. The number of ether oxygens (including phenoxy) is 2. The van der Waals surface area contributed by atoms with Gasteiger partial charge in [0, 0.05) is 16.9 Å². The van der Waals surface area contributed by atoms with Crippen molar-refractivity contribution >= 4 is 16.9 Å². The second-order valence-corrected chi connectivity index (χ2v) is 10.0. The van der Waals surface area contributed by atoms with E-state index < -0.39 is 12.3 Å². The van der Waals surface area contributed by atoms with Gasteiger partial charge in [-0.25, -0.2) is 4.79 Å². The lowest BCUT2D eigenvalue weighted by atomic mass is 9.99. The normalized spacial score (nSPS) is 13.5. The van der Waals surface area contributed by atoms with Crippen LogP contribution in [-0.2, 0) is 6.61 Å². The summed E-state index contributed by atoms with van der Waals surface area (Å²) in [5.41, 5.74) is 4.31. The number of hydrogen-bond donors (Lipinski definition) is 1. The predicted molar refractivity (Wildman–Crippen MR) is 143 cm³/mol. The molecular formula is C31H24F3NO6. The SMILES string of the molecule is Cc1cc(OCc2c(-c3ccccc3OC(F)(F)F)noc2C2CC2)ccc1-c1ccc2c(C(=O)O)c(C)oc2c1. The summed E-state index contributed by atoms with van der Waals surface area (Å²) in [4.78, 5) is 11.6. The number of fused-ring (bicyclic) bond motifs is 1. The summed E-state index contributed by atoms with van der Waals surface area (Å²) in [6.45, 7) is 3.59. The van der Waals surface area contributed by atoms with Crippen LogP contribution in [0.2, 0.25) is 0 Å². The summed E-state index contributed by atoms with van der Waals surface area (Å²) in [5, 5.41) is 14.1. The average molecular weight is 564 g/mol. The number of carbonyl (C=O) groups is 1. The van der Waals surface area contributed by atoms with Gasteiger partial charge in [0.15, 0.2) is 0 Å². The van der Waals surface area contributed by atoms with E-state index in [0.717, 1.165) is 29.5 Å². The zero-order chi connectivity index (χ0) is 28.9. The maximum absolute atomic E-state index is 13.1. The van der Waals surface area contributed by atoms with Crippen LogP contribution in [0.5, 0.6) is 11.5 Å². The number of alkyl halides is 3. The van der Waals surface area contributed by atoms with E-state index in [2.05, 4.69) is 9.89 Å². The van der Waals surface area contributed by atoms with E-state index in [0.29, 0.717) is 33.8 Å². The van der Waals surface area contributed by atoms with E-state index in [-0.39, 0.29) is 35.1 Å². The lowest BCUT2D eigenvalue weighted by Gasteiger charge is -2.14. The highest BCUT2D eigenvalue weighted by Crippen LogP contribution is 2.46. The molecule has 0 unspecified atom stereocenters. The molecule has 2 heterocycles. The van der Waals surface area contributed by atoms with E-state index in [1.54, 1.807) is 25.1 Å². The molecule has 6 rings (SSSR count). The first-order valence-electron chi connectivity index (χ1n) is 12.9. The quantitative estimate of drug-likeness (QED) is 0.202. The van der Waals surface area contributed by atoms with Gasteiger partial charge in [0.25, 0.3) is 0 Å². The van der Waals surface area contributed by atoms with E-state index >= 15 is 0 Å². The number of rotatable bonds is 8. The Morgan fingerprint density at radius 1 is 1.05 bits per heavy atom. The summed E-state index contributed by atoms with van der Waals surface area (Å²) in [6, 6.07) is 16.8. The van der Waals surface area contributed by atoms with Crippen LogP contribution in [0.1, 0.15) is 51.8 Å². The second-order valence-electron chi connectivity index (χ2n) is 10.0. The molecule has 1 fully saturated rings. The Morgan fingerprint density at radius 2 is 1.83 bits per heavy atom. The predicted octanol–water partition coefficient (Wildman–Crippen LogP) is 8.42. The number of benzene rings is 3. The molecule has 0 aliphatic heterocycles. The van der Waals surface area contributed by atoms with Gasteiger partial charge in [-0.2, -0.15) is 0 Å². The Hall–Kier alpha value is -4.73. The minimum absolute atomic E-state index is 0.0411. The van der Waals surface area contributed by atoms with E-state index in [1.165, 1.54) is 18.2 Å². The fourth-order valence-electron chi connectivity index (χ4n) is 5.07. The van der Waals surface area contributed by atoms with Crippen molar-refractivity contribution in [2.45, 2.75) is 45.6 Å². The summed E-state index contributed by atoms with van der Waals surface area (Å²) in [5.74, 6) is 0.258. The minimum atomic E-state index is -4.85. The Kier molecular flexibility index (Phi) is 6.48. The molecule has 0 spiro atoms. The van der Waals surface area contributed by atoms with Crippen molar-refractivity contribution in [2.24, 2.45) is 0 Å². The van der Waals surface area contributed by atoms with Crippen LogP contribution < -0.4 is 9.47 Å². The molecule has 1 saturated carbocycles. The number of hydrogen-bond acceptors (Lipinski definition) is 6. The van der Waals surface area contributed by atoms with Crippen molar-refractivity contribution in [1.29, 1.82) is 0 Å².